The highest BCUT2D eigenvalue weighted by Crippen LogP contribution is 2.36. The number of aromatic nitrogens is 1. The first-order chi connectivity index (χ1) is 9.79. The molecule has 5 nitrogen and oxygen atoms in total. The molecule has 2 rings (SSSR count). The lowest BCUT2D eigenvalue weighted by Crippen LogP contribution is -2.02. The zero-order chi connectivity index (χ0) is 15.7. The first kappa shape index (κ1) is 14.8. The van der Waals surface area contributed by atoms with Gasteiger partial charge in [0, 0.05) is 12.1 Å². The topological polar surface area (TPSA) is 65.3 Å². The molecule has 0 spiro atoms. The predicted octanol–water partition coefficient (Wildman–Crippen LogP) is 3.82. The van der Waals surface area contributed by atoms with Gasteiger partial charge in [0.15, 0.2) is 11.6 Å². The van der Waals surface area contributed by atoms with Crippen LogP contribution in [0.15, 0.2) is 18.2 Å². The number of nitrogens with zero attached hydrogens (tertiary/aromatic N) is 2. The summed E-state index contributed by atoms with van der Waals surface area (Å²) in [6, 6.07) is 3.05. The summed E-state index contributed by atoms with van der Waals surface area (Å²) in [4.78, 5) is 13.3. The summed E-state index contributed by atoms with van der Waals surface area (Å²) in [6.45, 7) is 3.15. The molecule has 0 saturated carbocycles. The summed E-state index contributed by atoms with van der Waals surface area (Å²) in [5.74, 6) is -5.44. The van der Waals surface area contributed by atoms with Gasteiger partial charge in [-0.1, -0.05) is 6.07 Å². The molecule has 0 N–H and O–H groups in total. The molecule has 0 bridgehead atoms. The molecule has 0 radical (unpaired) electrons. The van der Waals surface area contributed by atoms with Crippen molar-refractivity contribution < 1.29 is 22.8 Å². The van der Waals surface area contributed by atoms with Crippen molar-refractivity contribution in [2.24, 2.45) is 0 Å². The van der Waals surface area contributed by atoms with Crippen molar-refractivity contribution in [3.05, 3.63) is 57.0 Å². The number of hydrogen-bond donors (Lipinski definition) is 0. The number of halogens is 3. The lowest BCUT2D eigenvalue weighted by Gasteiger charge is -2.10. The minimum atomic E-state index is -1.56. The standard InChI is InChI=1S/C13H9F3N2O3/c1-6-3-7(2)11(10(4-6)18(19)20)21-13-9(15)5-8(14)12(16)17-13/h3-5H,1-2H3. The van der Waals surface area contributed by atoms with E-state index in [2.05, 4.69) is 4.98 Å². The van der Waals surface area contributed by atoms with Gasteiger partial charge < -0.3 is 4.74 Å². The number of pyridine rings is 1. The Bertz CT molecular complexity index is 735. The van der Waals surface area contributed by atoms with Crippen LogP contribution in [0.5, 0.6) is 11.6 Å². The molecule has 0 aliphatic carbocycles. The fourth-order valence-electron chi connectivity index (χ4n) is 1.80. The van der Waals surface area contributed by atoms with Crippen LogP contribution in [-0.2, 0) is 0 Å². The Morgan fingerprint density at radius 1 is 1.14 bits per heavy atom. The van der Waals surface area contributed by atoms with Crippen molar-refractivity contribution in [3.63, 3.8) is 0 Å². The molecule has 2 aromatic rings. The van der Waals surface area contributed by atoms with Gasteiger partial charge >= 0.3 is 5.69 Å². The Hall–Kier alpha value is -2.64. The Balaban J connectivity index is 2.54. The van der Waals surface area contributed by atoms with Gasteiger partial charge in [-0.05, 0) is 25.0 Å². The van der Waals surface area contributed by atoms with Crippen LogP contribution in [0.2, 0.25) is 0 Å². The van der Waals surface area contributed by atoms with Crippen molar-refractivity contribution in [3.8, 4) is 11.6 Å². The summed E-state index contributed by atoms with van der Waals surface area (Å²) < 4.78 is 44.3. The average Bonchev–Trinajstić information content (AvgIpc) is 2.38. The minimum Gasteiger partial charge on any atom is -0.429 e. The highest BCUT2D eigenvalue weighted by molar-refractivity contribution is 5.54. The highest BCUT2D eigenvalue weighted by Gasteiger charge is 2.22. The van der Waals surface area contributed by atoms with Crippen LogP contribution in [0.4, 0.5) is 18.9 Å². The molecule has 110 valence electrons. The minimum absolute atomic E-state index is 0.257. The smallest absolute Gasteiger partial charge is 0.312 e. The Labute approximate surface area is 117 Å². The van der Waals surface area contributed by atoms with E-state index >= 15 is 0 Å². The largest absolute Gasteiger partial charge is 0.429 e. The van der Waals surface area contributed by atoms with E-state index in [4.69, 9.17) is 4.74 Å². The van der Waals surface area contributed by atoms with Crippen LogP contribution in [0.1, 0.15) is 11.1 Å². The summed E-state index contributed by atoms with van der Waals surface area (Å²) in [7, 11) is 0. The maximum absolute atomic E-state index is 13.5. The first-order valence-electron chi connectivity index (χ1n) is 5.74. The van der Waals surface area contributed by atoms with E-state index in [0.29, 0.717) is 11.1 Å². The number of nitro groups is 1. The van der Waals surface area contributed by atoms with E-state index in [1.54, 1.807) is 13.0 Å². The summed E-state index contributed by atoms with van der Waals surface area (Å²) in [5.41, 5.74) is 0.524. The lowest BCUT2D eigenvalue weighted by atomic mass is 10.1. The van der Waals surface area contributed by atoms with Gasteiger partial charge in [-0.2, -0.15) is 9.37 Å². The SMILES string of the molecule is Cc1cc(C)c(Oc2nc(F)c(F)cc2F)c([N+](=O)[O-])c1. The van der Waals surface area contributed by atoms with E-state index in [1.165, 1.54) is 13.0 Å². The quantitative estimate of drug-likeness (QED) is 0.491. The maximum Gasteiger partial charge on any atom is 0.312 e. The molecule has 0 atom stereocenters. The van der Waals surface area contributed by atoms with Crippen molar-refractivity contribution in [1.29, 1.82) is 0 Å². The van der Waals surface area contributed by atoms with Gasteiger partial charge in [0.1, 0.15) is 0 Å². The maximum atomic E-state index is 13.5. The van der Waals surface area contributed by atoms with Gasteiger partial charge in [0.25, 0.3) is 11.8 Å². The fraction of sp³-hybridized carbons (Fsp3) is 0.154. The first-order valence-corrected chi connectivity index (χ1v) is 5.74. The monoisotopic (exact) mass is 298 g/mol. The molecule has 8 heteroatoms. The number of hydrogen-bond acceptors (Lipinski definition) is 4. The zero-order valence-corrected chi connectivity index (χ0v) is 11.0. The molecule has 0 aliphatic rings. The number of aryl methyl sites for hydroxylation is 2. The molecule has 1 aromatic carbocycles. The number of ether oxygens (including phenoxy) is 1. The van der Waals surface area contributed by atoms with Gasteiger partial charge in [-0.25, -0.2) is 8.78 Å². The van der Waals surface area contributed by atoms with Gasteiger partial charge in [-0.3, -0.25) is 10.1 Å². The second kappa shape index (κ2) is 5.39. The molecular weight excluding hydrogens is 289 g/mol. The molecule has 0 saturated heterocycles. The van der Waals surface area contributed by atoms with E-state index in [0.717, 1.165) is 0 Å². The van der Waals surface area contributed by atoms with Crippen LogP contribution >= 0.6 is 0 Å². The van der Waals surface area contributed by atoms with Gasteiger partial charge in [0.05, 0.1) is 4.92 Å². The summed E-state index contributed by atoms with van der Waals surface area (Å²) in [6.07, 6.45) is 0. The number of rotatable bonds is 3. The average molecular weight is 298 g/mol. The van der Waals surface area contributed by atoms with Crippen molar-refractivity contribution in [2.75, 3.05) is 0 Å². The second-order valence-corrected chi connectivity index (χ2v) is 4.34. The summed E-state index contributed by atoms with van der Waals surface area (Å²) >= 11 is 0. The molecule has 21 heavy (non-hydrogen) atoms. The number of nitro benzene ring substituents is 1. The third-order valence-corrected chi connectivity index (χ3v) is 2.65. The predicted molar refractivity (Wildman–Crippen MR) is 66.8 cm³/mol. The van der Waals surface area contributed by atoms with Crippen LogP contribution in [-0.4, -0.2) is 9.91 Å². The highest BCUT2D eigenvalue weighted by atomic mass is 19.2. The molecule has 1 heterocycles. The van der Waals surface area contributed by atoms with Crippen molar-refractivity contribution in [2.45, 2.75) is 13.8 Å². The lowest BCUT2D eigenvalue weighted by molar-refractivity contribution is -0.385. The molecule has 0 fully saturated rings. The summed E-state index contributed by atoms with van der Waals surface area (Å²) in [5, 5.41) is 11.0. The van der Waals surface area contributed by atoms with E-state index in [1.807, 2.05) is 0 Å². The van der Waals surface area contributed by atoms with Crippen molar-refractivity contribution >= 4 is 5.69 Å². The van der Waals surface area contributed by atoms with Crippen LogP contribution in [0.25, 0.3) is 0 Å². The third kappa shape index (κ3) is 2.93. The second-order valence-electron chi connectivity index (χ2n) is 4.34. The van der Waals surface area contributed by atoms with Crippen LogP contribution in [0.3, 0.4) is 0 Å². The molecule has 0 unspecified atom stereocenters. The Kier molecular flexibility index (Phi) is 3.79. The molecule has 0 aliphatic heterocycles. The van der Waals surface area contributed by atoms with Gasteiger partial charge in [0.2, 0.25) is 5.75 Å². The van der Waals surface area contributed by atoms with E-state index in [-0.39, 0.29) is 11.8 Å². The Morgan fingerprint density at radius 2 is 1.81 bits per heavy atom. The number of benzene rings is 1. The van der Waals surface area contributed by atoms with E-state index < -0.39 is 34.1 Å². The molecule has 1 aromatic heterocycles. The molecular formula is C13H9F3N2O3. The van der Waals surface area contributed by atoms with Crippen molar-refractivity contribution in [1.82, 2.24) is 4.98 Å². The van der Waals surface area contributed by atoms with Crippen LogP contribution in [0, 0.1) is 41.5 Å². The zero-order valence-electron chi connectivity index (χ0n) is 11.0. The normalized spacial score (nSPS) is 10.5. The van der Waals surface area contributed by atoms with Crippen LogP contribution < -0.4 is 4.74 Å². The van der Waals surface area contributed by atoms with E-state index in [9.17, 15) is 23.3 Å². The molecule has 0 amide bonds. The Morgan fingerprint density at radius 3 is 2.43 bits per heavy atom. The fourth-order valence-corrected chi connectivity index (χ4v) is 1.80. The third-order valence-electron chi connectivity index (χ3n) is 2.65. The van der Waals surface area contributed by atoms with Gasteiger partial charge in [-0.15, -0.1) is 0 Å².